The first-order valence-corrected chi connectivity index (χ1v) is 12.2. The van der Waals surface area contributed by atoms with Gasteiger partial charge in [-0.2, -0.15) is 0 Å². The molecule has 0 aliphatic heterocycles. The van der Waals surface area contributed by atoms with Gasteiger partial charge < -0.3 is 0 Å². The highest BCUT2D eigenvalue weighted by molar-refractivity contribution is 7.99. The monoisotopic (exact) mass is 451 g/mol. The topological polar surface area (TPSA) is 89.2 Å². The highest BCUT2D eigenvalue weighted by Gasteiger charge is 2.31. The number of nitrogens with one attached hydrogen (secondary N) is 1. The van der Waals surface area contributed by atoms with Crippen molar-refractivity contribution in [2.75, 3.05) is 0 Å². The summed E-state index contributed by atoms with van der Waals surface area (Å²) in [4.78, 5) is 4.65. The summed E-state index contributed by atoms with van der Waals surface area (Å²) in [5.74, 6) is 0.569. The minimum Gasteiger partial charge on any atom is -0.259 e. The number of thioether (sulfide) groups is 1. The number of benzene rings is 1. The van der Waals surface area contributed by atoms with Crippen LogP contribution < -0.4 is 4.72 Å². The number of fused-ring (bicyclic) bond motifs is 1. The van der Waals surface area contributed by atoms with Gasteiger partial charge in [0.25, 0.3) is 5.78 Å². The lowest BCUT2D eigenvalue weighted by Gasteiger charge is -2.31. The molecule has 1 aliphatic carbocycles. The molecule has 10 heteroatoms. The average molecular weight is 452 g/mol. The van der Waals surface area contributed by atoms with Gasteiger partial charge in [0.2, 0.25) is 10.0 Å². The van der Waals surface area contributed by atoms with Crippen LogP contribution in [0.5, 0.6) is 0 Å². The van der Waals surface area contributed by atoms with Crippen molar-refractivity contribution in [3.8, 4) is 0 Å². The molecule has 4 rings (SSSR count). The molecule has 0 amide bonds. The van der Waals surface area contributed by atoms with Crippen LogP contribution in [0.3, 0.4) is 0 Å². The Balaban J connectivity index is 1.58. The number of halogens is 1. The van der Waals surface area contributed by atoms with Crippen LogP contribution >= 0.6 is 23.4 Å². The van der Waals surface area contributed by atoms with Crippen molar-refractivity contribution in [2.24, 2.45) is 0 Å². The molecule has 29 heavy (non-hydrogen) atoms. The summed E-state index contributed by atoms with van der Waals surface area (Å²) >= 11 is 7.46. The second-order valence-corrected chi connectivity index (χ2v) is 10.6. The molecule has 0 saturated heterocycles. The van der Waals surface area contributed by atoms with Crippen LogP contribution in [0.4, 0.5) is 0 Å². The molecule has 7 nitrogen and oxygen atoms in total. The fraction of sp³-hybridized carbons (Fsp3) is 0.421. The van der Waals surface area contributed by atoms with Crippen molar-refractivity contribution in [2.45, 2.75) is 60.9 Å². The number of sulfonamides is 1. The first kappa shape index (κ1) is 20.6. The van der Waals surface area contributed by atoms with E-state index < -0.39 is 10.0 Å². The quantitative estimate of drug-likeness (QED) is 0.635. The Bertz CT molecular complexity index is 1130. The van der Waals surface area contributed by atoms with Crippen LogP contribution in [0, 0.1) is 13.8 Å². The Hall–Kier alpha value is -1.68. The lowest BCUT2D eigenvalue weighted by molar-refractivity contribution is 0.422. The van der Waals surface area contributed by atoms with Crippen molar-refractivity contribution in [3.63, 3.8) is 0 Å². The number of hydrogen-bond acceptors (Lipinski definition) is 6. The first-order chi connectivity index (χ1) is 13.8. The van der Waals surface area contributed by atoms with Gasteiger partial charge in [0.1, 0.15) is 0 Å². The minimum atomic E-state index is -3.62. The van der Waals surface area contributed by atoms with Crippen molar-refractivity contribution in [1.29, 1.82) is 0 Å². The third kappa shape index (κ3) is 4.42. The highest BCUT2D eigenvalue weighted by atomic mass is 35.5. The first-order valence-electron chi connectivity index (χ1n) is 9.47. The van der Waals surface area contributed by atoms with E-state index in [1.54, 1.807) is 23.9 Å². The van der Waals surface area contributed by atoms with E-state index in [9.17, 15) is 8.42 Å². The summed E-state index contributed by atoms with van der Waals surface area (Å²) < 4.78 is 30.5. The van der Waals surface area contributed by atoms with E-state index in [1.165, 1.54) is 12.1 Å². The molecule has 1 aromatic carbocycles. The maximum absolute atomic E-state index is 12.9. The number of rotatable bonds is 5. The second-order valence-electron chi connectivity index (χ2n) is 7.28. The fourth-order valence-electron chi connectivity index (χ4n) is 3.67. The van der Waals surface area contributed by atoms with Gasteiger partial charge in [0.05, 0.1) is 4.90 Å². The van der Waals surface area contributed by atoms with Gasteiger partial charge in [-0.3, -0.25) is 4.40 Å². The van der Waals surface area contributed by atoms with Gasteiger partial charge in [-0.1, -0.05) is 36.2 Å². The Kier molecular flexibility index (Phi) is 5.83. The second kappa shape index (κ2) is 8.22. The Labute approximate surface area is 179 Å². The van der Waals surface area contributed by atoms with Gasteiger partial charge in [0.15, 0.2) is 5.16 Å². The van der Waals surface area contributed by atoms with Crippen LogP contribution in [-0.2, 0) is 10.0 Å². The summed E-state index contributed by atoms with van der Waals surface area (Å²) in [5.41, 5.74) is 1.90. The van der Waals surface area contributed by atoms with E-state index in [0.29, 0.717) is 10.8 Å². The lowest BCUT2D eigenvalue weighted by atomic mass is 9.96. The van der Waals surface area contributed by atoms with E-state index in [2.05, 4.69) is 19.9 Å². The molecule has 3 aromatic rings. The predicted octanol–water partition coefficient (Wildman–Crippen LogP) is 3.78. The zero-order valence-electron chi connectivity index (χ0n) is 16.2. The fourth-order valence-corrected chi connectivity index (χ4v) is 6.53. The number of aryl methyl sites for hydroxylation is 2. The molecule has 0 radical (unpaired) electrons. The van der Waals surface area contributed by atoms with E-state index >= 15 is 0 Å². The van der Waals surface area contributed by atoms with Crippen LogP contribution in [0.25, 0.3) is 5.78 Å². The normalized spacial score (nSPS) is 20.2. The Morgan fingerprint density at radius 1 is 1.14 bits per heavy atom. The summed E-state index contributed by atoms with van der Waals surface area (Å²) in [6.45, 7) is 3.92. The third-order valence-corrected chi connectivity index (χ3v) is 8.15. The maximum atomic E-state index is 12.9. The highest BCUT2D eigenvalue weighted by Crippen LogP contribution is 2.34. The summed E-state index contributed by atoms with van der Waals surface area (Å²) in [7, 11) is -3.62. The standard InChI is InChI=1S/C19H22ClN5O2S2/c1-12-11-13(2)25-18(21-12)22-23-19(25)28-17-6-4-3-5-16(17)24-29(26,27)15-9-7-14(20)8-10-15/h7-11,16-17,24H,3-6H2,1-2H3/t16-,17+/m0/s1. The lowest BCUT2D eigenvalue weighted by Crippen LogP contribution is -2.43. The summed E-state index contributed by atoms with van der Waals surface area (Å²) in [6, 6.07) is 8.03. The van der Waals surface area contributed by atoms with Crippen LogP contribution in [0.1, 0.15) is 37.1 Å². The van der Waals surface area contributed by atoms with Crippen LogP contribution in [0.2, 0.25) is 5.02 Å². The van der Waals surface area contributed by atoms with E-state index in [0.717, 1.165) is 42.2 Å². The predicted molar refractivity (Wildman–Crippen MR) is 114 cm³/mol. The van der Waals surface area contributed by atoms with E-state index in [4.69, 9.17) is 11.6 Å². The van der Waals surface area contributed by atoms with Gasteiger partial charge in [-0.05, 0) is 57.0 Å². The Morgan fingerprint density at radius 3 is 2.62 bits per heavy atom. The van der Waals surface area contributed by atoms with Gasteiger partial charge >= 0.3 is 0 Å². The molecule has 0 spiro atoms. The summed E-state index contributed by atoms with van der Waals surface area (Å²) in [5, 5.41) is 9.82. The molecule has 1 saturated carbocycles. The van der Waals surface area contributed by atoms with Crippen LogP contribution in [-0.4, -0.2) is 39.3 Å². The molecule has 2 atom stereocenters. The SMILES string of the molecule is Cc1cc(C)n2c(S[C@@H]3CCCC[C@@H]3NS(=O)(=O)c3ccc(Cl)cc3)nnc2n1. The van der Waals surface area contributed by atoms with Gasteiger partial charge in [-0.25, -0.2) is 18.1 Å². The molecule has 154 valence electrons. The van der Waals surface area contributed by atoms with Crippen molar-refractivity contribution in [3.05, 3.63) is 46.7 Å². The zero-order valence-corrected chi connectivity index (χ0v) is 18.6. The molecular formula is C19H22ClN5O2S2. The molecule has 1 aliphatic rings. The van der Waals surface area contributed by atoms with Crippen LogP contribution in [0.15, 0.2) is 40.4 Å². The summed E-state index contributed by atoms with van der Waals surface area (Å²) in [6.07, 6.45) is 3.75. The molecule has 0 bridgehead atoms. The maximum Gasteiger partial charge on any atom is 0.256 e. The van der Waals surface area contributed by atoms with Crippen molar-refractivity contribution < 1.29 is 8.42 Å². The van der Waals surface area contributed by atoms with E-state index in [1.807, 2.05) is 24.3 Å². The van der Waals surface area contributed by atoms with E-state index in [-0.39, 0.29) is 16.2 Å². The molecule has 2 heterocycles. The van der Waals surface area contributed by atoms with Gasteiger partial charge in [0, 0.05) is 27.7 Å². The van der Waals surface area contributed by atoms with Crippen molar-refractivity contribution >= 4 is 39.2 Å². The zero-order chi connectivity index (χ0) is 20.6. The molecule has 1 fully saturated rings. The molecule has 2 aromatic heterocycles. The smallest absolute Gasteiger partial charge is 0.256 e. The third-order valence-electron chi connectivity index (χ3n) is 5.05. The minimum absolute atomic E-state index is 0.0685. The Morgan fingerprint density at radius 2 is 1.86 bits per heavy atom. The average Bonchev–Trinajstić information content (AvgIpc) is 3.06. The molecule has 1 N–H and O–H groups in total. The van der Waals surface area contributed by atoms with Gasteiger partial charge in [-0.15, -0.1) is 10.2 Å². The van der Waals surface area contributed by atoms with Crippen molar-refractivity contribution in [1.82, 2.24) is 24.3 Å². The number of aromatic nitrogens is 4. The molecule has 0 unspecified atom stereocenters. The number of hydrogen-bond donors (Lipinski definition) is 1. The molecular weight excluding hydrogens is 430 g/mol. The number of nitrogens with zero attached hydrogens (tertiary/aromatic N) is 4. The largest absolute Gasteiger partial charge is 0.259 e.